The number of amides is 1. The Morgan fingerprint density at radius 3 is 2.23 bits per heavy atom. The molecule has 0 aromatic heterocycles. The van der Waals surface area contributed by atoms with Gasteiger partial charge in [-0.1, -0.05) is 49.4 Å². The first-order valence-electron chi connectivity index (χ1n) is 10.0. The molecular weight excluding hydrogens is 376 g/mol. The fourth-order valence-corrected chi connectivity index (χ4v) is 2.75. The lowest BCUT2D eigenvalue weighted by atomic mass is 10.1. The molecule has 1 atom stereocenters. The maximum atomic E-state index is 12.2. The van der Waals surface area contributed by atoms with Gasteiger partial charge in [-0.25, -0.2) is 5.43 Å². The second-order valence-corrected chi connectivity index (χ2v) is 6.80. The molecule has 1 amide bonds. The third kappa shape index (κ3) is 6.21. The van der Waals surface area contributed by atoms with Gasteiger partial charge in [0, 0.05) is 0 Å². The summed E-state index contributed by atoms with van der Waals surface area (Å²) in [5, 5.41) is 4.00. The van der Waals surface area contributed by atoms with Crippen molar-refractivity contribution in [2.24, 2.45) is 5.10 Å². The summed E-state index contributed by atoms with van der Waals surface area (Å²) in [7, 11) is 0. The normalized spacial score (nSPS) is 11.8. The Kier molecular flexibility index (Phi) is 7.61. The van der Waals surface area contributed by atoms with Gasteiger partial charge in [0.25, 0.3) is 5.91 Å². The number of carbonyl (C=O) groups excluding carboxylic acids is 1. The van der Waals surface area contributed by atoms with Crippen molar-refractivity contribution in [2.75, 3.05) is 6.61 Å². The number of hydrazone groups is 1. The third-order valence-corrected chi connectivity index (χ3v) is 4.38. The molecule has 30 heavy (non-hydrogen) atoms. The lowest BCUT2D eigenvalue weighted by Crippen LogP contribution is -2.33. The molecule has 0 spiro atoms. The lowest BCUT2D eigenvalue weighted by molar-refractivity contribution is -0.127. The summed E-state index contributed by atoms with van der Waals surface area (Å²) in [5.41, 5.74) is 5.60. The number of hydrogen-bond acceptors (Lipinski definition) is 4. The number of nitrogens with zero attached hydrogens (tertiary/aromatic N) is 1. The van der Waals surface area contributed by atoms with E-state index in [0.717, 1.165) is 28.9 Å². The average molecular weight is 402 g/mol. The maximum Gasteiger partial charge on any atom is 0.280 e. The van der Waals surface area contributed by atoms with Crippen LogP contribution in [0.5, 0.6) is 11.5 Å². The van der Waals surface area contributed by atoms with Gasteiger partial charge in [0.2, 0.25) is 0 Å². The van der Waals surface area contributed by atoms with Gasteiger partial charge >= 0.3 is 0 Å². The van der Waals surface area contributed by atoms with E-state index in [4.69, 9.17) is 9.47 Å². The Hall–Kier alpha value is -3.60. The average Bonchev–Trinajstić information content (AvgIpc) is 2.79. The molecule has 0 aliphatic carbocycles. The zero-order chi connectivity index (χ0) is 21.2. The van der Waals surface area contributed by atoms with Crippen LogP contribution in [0.15, 0.2) is 84.0 Å². The van der Waals surface area contributed by atoms with Crippen molar-refractivity contribution < 1.29 is 14.3 Å². The van der Waals surface area contributed by atoms with Crippen LogP contribution in [0.1, 0.15) is 25.8 Å². The van der Waals surface area contributed by atoms with Crippen molar-refractivity contribution in [3.63, 3.8) is 0 Å². The van der Waals surface area contributed by atoms with E-state index in [0.29, 0.717) is 12.4 Å². The van der Waals surface area contributed by atoms with Gasteiger partial charge in [0.1, 0.15) is 11.5 Å². The first-order valence-corrected chi connectivity index (χ1v) is 10.0. The molecule has 1 N–H and O–H groups in total. The molecule has 154 valence electrons. The predicted octanol–water partition coefficient (Wildman–Crippen LogP) is 5.06. The summed E-state index contributed by atoms with van der Waals surface area (Å²) >= 11 is 0. The van der Waals surface area contributed by atoms with E-state index in [2.05, 4.69) is 29.6 Å². The summed E-state index contributed by atoms with van der Waals surface area (Å²) in [6.07, 6.45) is 1.88. The minimum Gasteiger partial charge on any atom is -0.494 e. The van der Waals surface area contributed by atoms with Crippen molar-refractivity contribution in [2.45, 2.75) is 26.4 Å². The van der Waals surface area contributed by atoms with E-state index in [1.165, 1.54) is 0 Å². The van der Waals surface area contributed by atoms with Gasteiger partial charge in [-0.3, -0.25) is 4.79 Å². The van der Waals surface area contributed by atoms with Gasteiger partial charge < -0.3 is 9.47 Å². The molecule has 5 nitrogen and oxygen atoms in total. The van der Waals surface area contributed by atoms with Gasteiger partial charge in [0.15, 0.2) is 6.10 Å². The molecule has 0 saturated carbocycles. The highest BCUT2D eigenvalue weighted by atomic mass is 16.5. The van der Waals surface area contributed by atoms with Crippen LogP contribution >= 0.6 is 0 Å². The largest absolute Gasteiger partial charge is 0.494 e. The summed E-state index contributed by atoms with van der Waals surface area (Å²) in [6, 6.07) is 25.3. The van der Waals surface area contributed by atoms with E-state index in [-0.39, 0.29) is 5.91 Å². The zero-order valence-electron chi connectivity index (χ0n) is 17.2. The van der Waals surface area contributed by atoms with Crippen LogP contribution in [0.2, 0.25) is 0 Å². The number of benzene rings is 3. The number of ether oxygens (including phenoxy) is 2. The monoisotopic (exact) mass is 402 g/mol. The second kappa shape index (κ2) is 10.8. The molecule has 0 fully saturated rings. The van der Waals surface area contributed by atoms with E-state index >= 15 is 0 Å². The maximum absolute atomic E-state index is 12.2. The molecule has 0 bridgehead atoms. The lowest BCUT2D eigenvalue weighted by Gasteiger charge is -2.13. The van der Waals surface area contributed by atoms with Crippen LogP contribution in [-0.4, -0.2) is 24.8 Å². The molecule has 3 aromatic rings. The van der Waals surface area contributed by atoms with E-state index in [9.17, 15) is 4.79 Å². The van der Waals surface area contributed by atoms with Crippen LogP contribution in [0.4, 0.5) is 0 Å². The SMILES string of the molecule is CCCOc1ccc(C=NNC(=O)C(C)Oc2ccc(-c3ccccc3)cc2)cc1. The summed E-state index contributed by atoms with van der Waals surface area (Å²) in [4.78, 5) is 12.2. The standard InChI is InChI=1S/C25H26N2O3/c1-3-17-29-23-13-9-20(10-14-23)18-26-27-25(28)19(2)30-24-15-11-22(12-16-24)21-7-5-4-6-8-21/h4-16,18-19H,3,17H2,1-2H3,(H,27,28). The zero-order valence-corrected chi connectivity index (χ0v) is 17.2. The summed E-state index contributed by atoms with van der Waals surface area (Å²) < 4.78 is 11.3. The van der Waals surface area contributed by atoms with Crippen LogP contribution in [-0.2, 0) is 4.79 Å². The minimum absolute atomic E-state index is 0.318. The molecule has 3 aromatic carbocycles. The van der Waals surface area contributed by atoms with Crippen molar-refractivity contribution >= 4 is 12.1 Å². The van der Waals surface area contributed by atoms with Gasteiger partial charge in [-0.05, 0) is 66.4 Å². The Morgan fingerprint density at radius 1 is 0.933 bits per heavy atom. The van der Waals surface area contributed by atoms with Crippen LogP contribution in [0.3, 0.4) is 0 Å². The van der Waals surface area contributed by atoms with E-state index < -0.39 is 6.10 Å². The first kappa shape index (κ1) is 21.1. The summed E-state index contributed by atoms with van der Waals surface area (Å²) in [5.74, 6) is 1.13. The number of hydrogen-bond donors (Lipinski definition) is 1. The van der Waals surface area contributed by atoms with Crippen molar-refractivity contribution in [1.82, 2.24) is 5.43 Å². The molecule has 0 aliphatic heterocycles. The number of rotatable bonds is 9. The smallest absolute Gasteiger partial charge is 0.280 e. The van der Waals surface area contributed by atoms with Gasteiger partial charge in [-0.2, -0.15) is 5.10 Å². The Balaban J connectivity index is 1.49. The number of nitrogens with one attached hydrogen (secondary N) is 1. The highest BCUT2D eigenvalue weighted by Gasteiger charge is 2.13. The fraction of sp³-hybridized carbons (Fsp3) is 0.200. The Bertz CT molecular complexity index is 952. The molecule has 5 heteroatoms. The van der Waals surface area contributed by atoms with Crippen molar-refractivity contribution in [3.05, 3.63) is 84.4 Å². The van der Waals surface area contributed by atoms with Crippen LogP contribution in [0.25, 0.3) is 11.1 Å². The van der Waals surface area contributed by atoms with Gasteiger partial charge in [-0.15, -0.1) is 0 Å². The second-order valence-electron chi connectivity index (χ2n) is 6.80. The fourth-order valence-electron chi connectivity index (χ4n) is 2.75. The highest BCUT2D eigenvalue weighted by Crippen LogP contribution is 2.22. The minimum atomic E-state index is -0.672. The van der Waals surface area contributed by atoms with E-state index in [1.54, 1.807) is 13.1 Å². The Labute approximate surface area is 177 Å². The topological polar surface area (TPSA) is 59.9 Å². The van der Waals surface area contributed by atoms with Crippen molar-refractivity contribution in [1.29, 1.82) is 0 Å². The van der Waals surface area contributed by atoms with Gasteiger partial charge in [0.05, 0.1) is 12.8 Å². The van der Waals surface area contributed by atoms with E-state index in [1.807, 2.05) is 66.7 Å². The Morgan fingerprint density at radius 2 is 1.57 bits per heavy atom. The number of carbonyl (C=O) groups is 1. The molecule has 0 heterocycles. The van der Waals surface area contributed by atoms with Crippen molar-refractivity contribution in [3.8, 4) is 22.6 Å². The predicted molar refractivity (Wildman–Crippen MR) is 120 cm³/mol. The molecule has 0 aliphatic rings. The summed E-state index contributed by atoms with van der Waals surface area (Å²) in [6.45, 7) is 4.44. The molecule has 0 radical (unpaired) electrons. The quantitative estimate of drug-likeness (QED) is 0.402. The highest BCUT2D eigenvalue weighted by molar-refractivity contribution is 5.84. The molecule has 3 rings (SSSR count). The molecular formula is C25H26N2O3. The third-order valence-electron chi connectivity index (χ3n) is 4.38. The molecule has 1 unspecified atom stereocenters. The molecule has 0 saturated heterocycles. The first-order chi connectivity index (χ1) is 14.7. The van der Waals surface area contributed by atoms with Crippen LogP contribution in [0, 0.1) is 0 Å². The van der Waals surface area contributed by atoms with Crippen LogP contribution < -0.4 is 14.9 Å².